The van der Waals surface area contributed by atoms with Crippen LogP contribution in [0.25, 0.3) is 126 Å². The number of fused-ring (bicyclic) bond motifs is 9. The largest absolute Gasteiger partial charge is 0.456 e. The fourth-order valence-corrected chi connectivity index (χ4v) is 10.5. The van der Waals surface area contributed by atoms with Gasteiger partial charge < -0.3 is 8.98 Å². The number of aromatic nitrogens is 4. The van der Waals surface area contributed by atoms with E-state index in [4.69, 9.17) is 19.4 Å². The normalized spacial score (nSPS) is 11.8. The lowest BCUT2D eigenvalue weighted by Gasteiger charge is -2.12. The van der Waals surface area contributed by atoms with E-state index in [1.165, 1.54) is 64.2 Å². The maximum Gasteiger partial charge on any atom is 0.164 e. The zero-order valence-electron chi connectivity index (χ0n) is 33.7. The molecule has 0 radical (unpaired) electrons. The zero-order valence-corrected chi connectivity index (χ0v) is 34.6. The van der Waals surface area contributed by atoms with Crippen LogP contribution in [0.15, 0.2) is 211 Å². The summed E-state index contributed by atoms with van der Waals surface area (Å²) in [4.78, 5) is 15.2. The lowest BCUT2D eigenvalue weighted by molar-refractivity contribution is 0.669. The Hall–Kier alpha value is -8.19. The Kier molecular flexibility index (Phi) is 8.01. The van der Waals surface area contributed by atoms with Crippen LogP contribution in [0.2, 0.25) is 0 Å². The number of nitrogens with zero attached hydrogens (tertiary/aromatic N) is 4. The van der Waals surface area contributed by atoms with Crippen molar-refractivity contribution in [3.63, 3.8) is 0 Å². The second-order valence-corrected chi connectivity index (χ2v) is 17.1. The molecule has 9 aromatic carbocycles. The highest BCUT2D eigenvalue weighted by molar-refractivity contribution is 7.25. The Labute approximate surface area is 365 Å². The molecule has 0 fully saturated rings. The van der Waals surface area contributed by atoms with Crippen LogP contribution in [0.3, 0.4) is 0 Å². The summed E-state index contributed by atoms with van der Waals surface area (Å²) < 4.78 is 11.0. The molecular weight excluding hydrogens is 789 g/mol. The molecule has 0 spiro atoms. The first-order chi connectivity index (χ1) is 31.2. The Morgan fingerprint density at radius 1 is 0.333 bits per heavy atom. The van der Waals surface area contributed by atoms with Gasteiger partial charge in [0, 0.05) is 64.1 Å². The summed E-state index contributed by atoms with van der Waals surface area (Å²) in [5, 5.41) is 7.10. The predicted octanol–water partition coefficient (Wildman–Crippen LogP) is 15.6. The first-order valence-electron chi connectivity index (χ1n) is 21.1. The summed E-state index contributed by atoms with van der Waals surface area (Å²) in [5.41, 5.74) is 12.8. The molecular formula is C57H34N4OS. The molecule has 0 N–H and O–H groups in total. The summed E-state index contributed by atoms with van der Waals surface area (Å²) in [6, 6.07) is 72.9. The molecule has 13 rings (SSSR count). The Balaban J connectivity index is 0.897. The van der Waals surface area contributed by atoms with Gasteiger partial charge in [0.25, 0.3) is 0 Å². The molecule has 0 bridgehead atoms. The fraction of sp³-hybridized carbons (Fsp3) is 0. The Bertz CT molecular complexity index is 3920. The molecule has 0 aliphatic heterocycles. The van der Waals surface area contributed by atoms with Crippen molar-refractivity contribution in [1.29, 1.82) is 0 Å². The van der Waals surface area contributed by atoms with Crippen molar-refractivity contribution in [3.05, 3.63) is 206 Å². The van der Waals surface area contributed by atoms with Gasteiger partial charge >= 0.3 is 0 Å². The van der Waals surface area contributed by atoms with Crippen LogP contribution in [0, 0.1) is 0 Å². The third-order valence-electron chi connectivity index (χ3n) is 12.3. The van der Waals surface area contributed by atoms with E-state index in [1.54, 1.807) is 11.3 Å². The van der Waals surface area contributed by atoms with Crippen LogP contribution in [0.4, 0.5) is 0 Å². The van der Waals surface area contributed by atoms with Gasteiger partial charge in [0.2, 0.25) is 0 Å². The molecule has 13 aromatic rings. The van der Waals surface area contributed by atoms with Crippen molar-refractivity contribution < 1.29 is 4.42 Å². The number of rotatable bonds is 6. The fourth-order valence-electron chi connectivity index (χ4n) is 9.28. The number of benzene rings is 9. The topological polar surface area (TPSA) is 56.7 Å². The first kappa shape index (κ1) is 35.6. The summed E-state index contributed by atoms with van der Waals surface area (Å²) in [5.74, 6) is 1.85. The van der Waals surface area contributed by atoms with Crippen LogP contribution >= 0.6 is 11.3 Å². The second kappa shape index (κ2) is 14.2. The van der Waals surface area contributed by atoms with E-state index in [-0.39, 0.29) is 0 Å². The third-order valence-corrected chi connectivity index (χ3v) is 13.4. The molecule has 0 saturated heterocycles. The van der Waals surface area contributed by atoms with Gasteiger partial charge in [-0.05, 0) is 82.9 Å². The average Bonchev–Trinajstić information content (AvgIpc) is 4.03. The number of furan rings is 1. The molecule has 0 amide bonds. The second-order valence-electron chi connectivity index (χ2n) is 16.0. The highest BCUT2D eigenvalue weighted by Crippen LogP contribution is 2.42. The SMILES string of the molecule is c1ccc(-c2nc(-c3ccc4c(c3)oc3ccccc34)nc(-c3ccc4c(c3)sc3cc(-c5ccccc5-c5ccc6c(c5)c5ccccc5n6-c5ccccc5)ccc34)n2)cc1. The minimum atomic E-state index is 0.599. The maximum atomic E-state index is 6.26. The van der Waals surface area contributed by atoms with Crippen molar-refractivity contribution in [2.45, 2.75) is 0 Å². The van der Waals surface area contributed by atoms with Crippen LogP contribution in [0.5, 0.6) is 0 Å². The van der Waals surface area contributed by atoms with Crippen molar-refractivity contribution >= 4 is 75.3 Å². The van der Waals surface area contributed by atoms with Crippen LogP contribution < -0.4 is 0 Å². The van der Waals surface area contributed by atoms with Gasteiger partial charge in [-0.1, -0.05) is 146 Å². The molecule has 4 heterocycles. The first-order valence-corrected chi connectivity index (χ1v) is 21.9. The average molecular weight is 823 g/mol. The van der Waals surface area contributed by atoms with Gasteiger partial charge in [-0.15, -0.1) is 11.3 Å². The molecule has 5 nitrogen and oxygen atoms in total. The molecule has 6 heteroatoms. The van der Waals surface area contributed by atoms with Crippen LogP contribution in [0.1, 0.15) is 0 Å². The summed E-state index contributed by atoms with van der Waals surface area (Å²) in [6.45, 7) is 0. The van der Waals surface area contributed by atoms with Gasteiger partial charge in [-0.2, -0.15) is 0 Å². The van der Waals surface area contributed by atoms with Gasteiger partial charge in [0.15, 0.2) is 17.5 Å². The van der Waals surface area contributed by atoms with Crippen molar-refractivity contribution in [3.8, 4) is 62.1 Å². The molecule has 0 unspecified atom stereocenters. The molecule has 0 aliphatic carbocycles. The van der Waals surface area contributed by atoms with Gasteiger partial charge in [0.05, 0.1) is 11.0 Å². The minimum Gasteiger partial charge on any atom is -0.456 e. The quantitative estimate of drug-likeness (QED) is 0.168. The molecule has 294 valence electrons. The highest BCUT2D eigenvalue weighted by Gasteiger charge is 2.18. The lowest BCUT2D eigenvalue weighted by atomic mass is 9.93. The van der Waals surface area contributed by atoms with Gasteiger partial charge in [0.1, 0.15) is 11.2 Å². The van der Waals surface area contributed by atoms with Crippen LogP contribution in [-0.2, 0) is 0 Å². The monoisotopic (exact) mass is 822 g/mol. The van der Waals surface area contributed by atoms with Crippen molar-refractivity contribution in [2.24, 2.45) is 0 Å². The minimum absolute atomic E-state index is 0.599. The third kappa shape index (κ3) is 5.87. The molecule has 0 saturated carbocycles. The van der Waals surface area contributed by atoms with E-state index >= 15 is 0 Å². The zero-order chi connectivity index (χ0) is 41.4. The molecule has 63 heavy (non-hydrogen) atoms. The highest BCUT2D eigenvalue weighted by atomic mass is 32.1. The van der Waals surface area contributed by atoms with E-state index in [0.29, 0.717) is 17.5 Å². The van der Waals surface area contributed by atoms with Gasteiger partial charge in [-0.3, -0.25) is 0 Å². The number of hydrogen-bond donors (Lipinski definition) is 0. The van der Waals surface area contributed by atoms with Crippen molar-refractivity contribution in [1.82, 2.24) is 19.5 Å². The van der Waals surface area contributed by atoms with Crippen molar-refractivity contribution in [2.75, 3.05) is 0 Å². The molecule has 0 atom stereocenters. The number of thiophene rings is 1. The lowest BCUT2D eigenvalue weighted by Crippen LogP contribution is -2.00. The summed E-state index contributed by atoms with van der Waals surface area (Å²) in [7, 11) is 0. The molecule has 4 aromatic heterocycles. The Morgan fingerprint density at radius 2 is 0.841 bits per heavy atom. The van der Waals surface area contributed by atoms with E-state index in [1.807, 2.05) is 54.6 Å². The van der Waals surface area contributed by atoms with Crippen LogP contribution in [-0.4, -0.2) is 19.5 Å². The summed E-state index contributed by atoms with van der Waals surface area (Å²) >= 11 is 1.80. The standard InChI is InChI=1S/C57H34N4OS/c1-3-13-35(14-4-1)55-58-56(38-24-27-45-44-20-10-12-22-51(44)62-52(45)32-38)60-57(59-55)39-25-29-47-46-28-23-37(33-53(46)63-54(47)34-39)42-18-8-7-17-41(42)36-26-30-50-48(31-36)43-19-9-11-21-49(43)61(50)40-15-5-2-6-16-40/h1-34H. The summed E-state index contributed by atoms with van der Waals surface area (Å²) in [6.07, 6.45) is 0. The van der Waals surface area contributed by atoms with E-state index in [2.05, 4.69) is 156 Å². The molecule has 0 aliphatic rings. The van der Waals surface area contributed by atoms with E-state index < -0.39 is 0 Å². The van der Waals surface area contributed by atoms with E-state index in [0.717, 1.165) is 44.3 Å². The number of para-hydroxylation sites is 3. The Morgan fingerprint density at radius 3 is 1.59 bits per heavy atom. The smallest absolute Gasteiger partial charge is 0.164 e. The maximum absolute atomic E-state index is 6.26. The van der Waals surface area contributed by atoms with E-state index in [9.17, 15) is 0 Å². The predicted molar refractivity (Wildman–Crippen MR) is 262 cm³/mol. The number of hydrogen-bond acceptors (Lipinski definition) is 5. The van der Waals surface area contributed by atoms with Gasteiger partial charge in [-0.25, -0.2) is 15.0 Å².